The van der Waals surface area contributed by atoms with Crippen LogP contribution in [0.15, 0.2) is 83.3 Å². The summed E-state index contributed by atoms with van der Waals surface area (Å²) in [4.78, 5) is 4.87. The zero-order chi connectivity index (χ0) is 21.5. The van der Waals surface area contributed by atoms with Crippen LogP contribution in [0.25, 0.3) is 44.8 Å². The van der Waals surface area contributed by atoms with Gasteiger partial charge in [-0.25, -0.2) is 4.98 Å². The summed E-state index contributed by atoms with van der Waals surface area (Å²) in [6.45, 7) is 8.60. The first-order valence-corrected chi connectivity index (χ1v) is 10.6. The number of hydrogen-bond acceptors (Lipinski definition) is 2. The third kappa shape index (κ3) is 3.55. The molecule has 0 fully saturated rings. The topological polar surface area (TPSA) is 26.0 Å². The zero-order valence-corrected chi connectivity index (χ0v) is 18.4. The molecule has 1 aromatic heterocycles. The lowest BCUT2D eigenvalue weighted by Crippen LogP contribution is -1.88. The van der Waals surface area contributed by atoms with Gasteiger partial charge < -0.3 is 4.42 Å². The van der Waals surface area contributed by atoms with Gasteiger partial charge in [-0.1, -0.05) is 54.6 Å². The van der Waals surface area contributed by atoms with Crippen molar-refractivity contribution in [3.8, 4) is 33.7 Å². The van der Waals surface area contributed by atoms with Crippen molar-refractivity contribution < 1.29 is 4.42 Å². The smallest absolute Gasteiger partial charge is 0.227 e. The Morgan fingerprint density at radius 2 is 1.19 bits per heavy atom. The molecular formula is C29H25NO. The number of aryl methyl sites for hydroxylation is 4. The zero-order valence-electron chi connectivity index (χ0n) is 18.4. The quantitative estimate of drug-likeness (QED) is 0.304. The Morgan fingerprint density at radius 3 is 1.87 bits per heavy atom. The van der Waals surface area contributed by atoms with E-state index in [0.717, 1.165) is 33.4 Å². The summed E-state index contributed by atoms with van der Waals surface area (Å²) in [5.41, 5.74) is 12.4. The normalized spacial score (nSPS) is 11.2. The van der Waals surface area contributed by atoms with Gasteiger partial charge in [0.2, 0.25) is 5.89 Å². The van der Waals surface area contributed by atoms with Crippen LogP contribution in [0, 0.1) is 27.7 Å². The summed E-state index contributed by atoms with van der Waals surface area (Å²) in [6.07, 6.45) is 0. The fourth-order valence-electron chi connectivity index (χ4n) is 3.95. The van der Waals surface area contributed by atoms with Crippen LogP contribution in [0.3, 0.4) is 0 Å². The average molecular weight is 405 g/mol. The summed E-state index contributed by atoms with van der Waals surface area (Å²) < 4.78 is 6.33. The maximum atomic E-state index is 6.33. The van der Waals surface area contributed by atoms with E-state index in [0.29, 0.717) is 5.89 Å². The third-order valence-corrected chi connectivity index (χ3v) is 6.17. The molecule has 1 heterocycles. The molecule has 0 aliphatic carbocycles. The van der Waals surface area contributed by atoms with Crippen molar-refractivity contribution in [2.45, 2.75) is 27.7 Å². The molecule has 0 amide bonds. The lowest BCUT2D eigenvalue weighted by molar-refractivity contribution is 0.621. The second-order valence-electron chi connectivity index (χ2n) is 8.36. The van der Waals surface area contributed by atoms with Gasteiger partial charge in [0.05, 0.1) is 0 Å². The average Bonchev–Trinajstić information content (AvgIpc) is 3.22. The fourth-order valence-corrected chi connectivity index (χ4v) is 3.95. The standard InChI is InChI=1S/C29H25NO/c1-18-10-12-23(14-20(18)3)25-16-26(24-13-11-19(2)21(4)15-24)28-27(17-25)30-29(31-28)22-8-6-5-7-9-22/h5-17H,1-4H3/i29+1. The van der Waals surface area contributed by atoms with Gasteiger partial charge in [0, 0.05) is 11.1 Å². The van der Waals surface area contributed by atoms with Gasteiger partial charge in [0.1, 0.15) is 5.52 Å². The van der Waals surface area contributed by atoms with Crippen molar-refractivity contribution in [3.63, 3.8) is 0 Å². The van der Waals surface area contributed by atoms with Crippen molar-refractivity contribution in [2.24, 2.45) is 0 Å². The van der Waals surface area contributed by atoms with Gasteiger partial charge in [0.25, 0.3) is 0 Å². The van der Waals surface area contributed by atoms with Gasteiger partial charge in [-0.2, -0.15) is 0 Å². The molecule has 0 atom stereocenters. The first-order valence-electron chi connectivity index (χ1n) is 10.6. The molecule has 0 radical (unpaired) electrons. The van der Waals surface area contributed by atoms with Crippen LogP contribution in [0.2, 0.25) is 0 Å². The van der Waals surface area contributed by atoms with Gasteiger partial charge in [0.15, 0.2) is 5.58 Å². The predicted molar refractivity (Wildman–Crippen MR) is 129 cm³/mol. The van der Waals surface area contributed by atoms with Crippen molar-refractivity contribution in [3.05, 3.63) is 101 Å². The molecule has 2 nitrogen and oxygen atoms in total. The van der Waals surface area contributed by atoms with E-state index in [-0.39, 0.29) is 0 Å². The molecule has 0 saturated carbocycles. The van der Waals surface area contributed by atoms with E-state index >= 15 is 0 Å². The first-order chi connectivity index (χ1) is 15.0. The third-order valence-electron chi connectivity index (χ3n) is 6.17. The summed E-state index contributed by atoms with van der Waals surface area (Å²) in [5.74, 6) is 0.651. The molecule has 5 aromatic rings. The SMILES string of the molecule is Cc1ccc(-c2cc(-c3ccc(C)c(C)c3)c3o[13c](-c4ccccc4)nc3c2)cc1C. The lowest BCUT2D eigenvalue weighted by atomic mass is 9.94. The Balaban J connectivity index is 1.77. The van der Waals surface area contributed by atoms with Crippen LogP contribution in [-0.2, 0) is 0 Å². The van der Waals surface area contributed by atoms with Crippen LogP contribution >= 0.6 is 0 Å². The van der Waals surface area contributed by atoms with E-state index in [1.54, 1.807) is 0 Å². The van der Waals surface area contributed by atoms with E-state index < -0.39 is 0 Å². The van der Waals surface area contributed by atoms with E-state index in [4.69, 9.17) is 9.40 Å². The summed E-state index contributed by atoms with van der Waals surface area (Å²) in [7, 11) is 0. The Bertz CT molecular complexity index is 1410. The Morgan fingerprint density at radius 1 is 0.548 bits per heavy atom. The molecule has 2 heteroatoms. The number of fused-ring (bicyclic) bond motifs is 1. The Hall–Kier alpha value is -3.65. The number of oxazole rings is 1. The molecule has 0 saturated heterocycles. The molecular weight excluding hydrogens is 379 g/mol. The van der Waals surface area contributed by atoms with E-state index in [9.17, 15) is 0 Å². The highest BCUT2D eigenvalue weighted by Crippen LogP contribution is 2.37. The van der Waals surface area contributed by atoms with Crippen molar-refractivity contribution in [2.75, 3.05) is 0 Å². The number of hydrogen-bond donors (Lipinski definition) is 0. The predicted octanol–water partition coefficient (Wildman–Crippen LogP) is 8.06. The number of aromatic nitrogens is 1. The van der Waals surface area contributed by atoms with Gasteiger partial charge in [-0.15, -0.1) is 0 Å². The second-order valence-corrected chi connectivity index (χ2v) is 8.36. The molecule has 0 unspecified atom stereocenters. The first kappa shape index (κ1) is 19.3. The molecule has 152 valence electrons. The fraction of sp³-hybridized carbons (Fsp3) is 0.138. The second kappa shape index (κ2) is 7.55. The Labute approximate surface area is 183 Å². The van der Waals surface area contributed by atoms with Crippen LogP contribution in [0.5, 0.6) is 0 Å². The summed E-state index contributed by atoms with van der Waals surface area (Å²) >= 11 is 0. The van der Waals surface area contributed by atoms with Crippen molar-refractivity contribution in [1.29, 1.82) is 0 Å². The largest absolute Gasteiger partial charge is 0.435 e. The lowest BCUT2D eigenvalue weighted by Gasteiger charge is -2.10. The van der Waals surface area contributed by atoms with Gasteiger partial charge >= 0.3 is 0 Å². The van der Waals surface area contributed by atoms with Gasteiger partial charge in [-0.3, -0.25) is 0 Å². The highest BCUT2D eigenvalue weighted by Gasteiger charge is 2.16. The molecule has 0 bridgehead atoms. The van der Waals surface area contributed by atoms with E-state index in [2.05, 4.69) is 76.2 Å². The Kier molecular flexibility index (Phi) is 4.71. The molecule has 0 N–H and O–H groups in total. The minimum Gasteiger partial charge on any atom is -0.435 e. The van der Waals surface area contributed by atoms with Crippen molar-refractivity contribution >= 4 is 11.1 Å². The highest BCUT2D eigenvalue weighted by molar-refractivity contribution is 5.96. The molecule has 5 rings (SSSR count). The van der Waals surface area contributed by atoms with Crippen LogP contribution in [0.4, 0.5) is 0 Å². The number of nitrogens with zero attached hydrogens (tertiary/aromatic N) is 1. The van der Waals surface area contributed by atoms with E-state index in [1.165, 1.54) is 27.8 Å². The number of benzene rings is 4. The molecule has 0 aliphatic heterocycles. The maximum absolute atomic E-state index is 6.33. The number of rotatable bonds is 3. The monoisotopic (exact) mass is 404 g/mol. The minimum atomic E-state index is 0.651. The summed E-state index contributed by atoms with van der Waals surface area (Å²) in [6, 6.07) is 27.7. The van der Waals surface area contributed by atoms with Crippen LogP contribution in [-0.4, -0.2) is 4.98 Å². The minimum absolute atomic E-state index is 0.651. The van der Waals surface area contributed by atoms with Crippen LogP contribution in [0.1, 0.15) is 22.3 Å². The summed E-state index contributed by atoms with van der Waals surface area (Å²) in [5, 5.41) is 0. The molecule has 0 spiro atoms. The van der Waals surface area contributed by atoms with Crippen LogP contribution < -0.4 is 0 Å². The van der Waals surface area contributed by atoms with Crippen molar-refractivity contribution in [1.82, 2.24) is 4.98 Å². The highest BCUT2D eigenvalue weighted by atomic mass is 16.4. The molecule has 0 aliphatic rings. The molecule has 4 aromatic carbocycles. The van der Waals surface area contributed by atoms with E-state index in [1.807, 2.05) is 30.3 Å². The van der Waals surface area contributed by atoms with Gasteiger partial charge in [-0.05, 0) is 90.9 Å². The molecule has 31 heavy (non-hydrogen) atoms. The maximum Gasteiger partial charge on any atom is 0.227 e.